The van der Waals surface area contributed by atoms with Gasteiger partial charge < -0.3 is 25.0 Å². The van der Waals surface area contributed by atoms with Crippen molar-refractivity contribution in [2.45, 2.75) is 67.7 Å². The van der Waals surface area contributed by atoms with Crippen LogP contribution in [0.15, 0.2) is 23.4 Å². The quantitative estimate of drug-likeness (QED) is 0.194. The fraction of sp³-hybridized carbons (Fsp3) is 0.542. The van der Waals surface area contributed by atoms with Crippen LogP contribution in [0.4, 0.5) is 14.6 Å². The van der Waals surface area contributed by atoms with Crippen molar-refractivity contribution in [3.05, 3.63) is 35.4 Å². The average Bonchev–Trinajstić information content (AvgIpc) is 3.46. The molecule has 38 heavy (non-hydrogen) atoms. The molecule has 0 radical (unpaired) electrons. The Morgan fingerprint density at radius 2 is 2.03 bits per heavy atom. The van der Waals surface area contributed by atoms with Crippen LogP contribution in [0.3, 0.4) is 0 Å². The molecule has 2 aliphatic rings. The number of fused-ring (bicyclic) bond motifs is 1. The number of nitrogens with one attached hydrogen (secondary N) is 1. The maximum absolute atomic E-state index is 13.7. The molecule has 2 heterocycles. The summed E-state index contributed by atoms with van der Waals surface area (Å²) in [5.41, 5.74) is 1.44. The second kappa shape index (κ2) is 11.0. The second-order valence-corrected chi connectivity index (χ2v) is 10.4. The predicted octanol–water partition coefficient (Wildman–Crippen LogP) is 2.19. The van der Waals surface area contributed by atoms with Gasteiger partial charge in [0.05, 0.1) is 19.3 Å². The Hall–Kier alpha value is -2.94. The summed E-state index contributed by atoms with van der Waals surface area (Å²) in [4.78, 5) is 20.7. The summed E-state index contributed by atoms with van der Waals surface area (Å²) in [6.45, 7) is 1.68. The summed E-state index contributed by atoms with van der Waals surface area (Å²) >= 11 is 1.46. The Kier molecular flexibility index (Phi) is 7.75. The van der Waals surface area contributed by atoms with Crippen molar-refractivity contribution in [2.75, 3.05) is 24.8 Å². The summed E-state index contributed by atoms with van der Waals surface area (Å²) in [7, 11) is 1.23. The van der Waals surface area contributed by atoms with Gasteiger partial charge in [-0.3, -0.25) is 0 Å². The van der Waals surface area contributed by atoms with Crippen LogP contribution in [0.2, 0.25) is 0 Å². The highest BCUT2D eigenvalue weighted by Gasteiger charge is 2.45. The first-order valence-corrected chi connectivity index (χ1v) is 13.3. The fourth-order valence-electron chi connectivity index (χ4n) is 4.64. The lowest BCUT2D eigenvalue weighted by Gasteiger charge is -2.17. The number of methoxy groups -OCH3 is 1. The number of esters is 1. The van der Waals surface area contributed by atoms with E-state index in [2.05, 4.69) is 30.3 Å². The van der Waals surface area contributed by atoms with Gasteiger partial charge in [-0.1, -0.05) is 30.0 Å². The SMILES string of the molecule is CCCSc1nc(NC2C[C@H]2c2ccc(F)c(F)c2)c2nnn(C3C[C@H](OCC(=O)OC)[C@@H](O)[C@H]3O)c2n1. The van der Waals surface area contributed by atoms with E-state index in [1.54, 1.807) is 6.07 Å². The van der Waals surface area contributed by atoms with E-state index in [-0.39, 0.29) is 25.0 Å². The Balaban J connectivity index is 1.40. The van der Waals surface area contributed by atoms with Gasteiger partial charge in [-0.2, -0.15) is 0 Å². The molecule has 0 aliphatic heterocycles. The summed E-state index contributed by atoms with van der Waals surface area (Å²) in [5.74, 6) is -1.16. The minimum Gasteiger partial charge on any atom is -0.467 e. The lowest BCUT2D eigenvalue weighted by atomic mass is 10.1. The third kappa shape index (κ3) is 5.30. The molecule has 2 saturated carbocycles. The lowest BCUT2D eigenvalue weighted by molar-refractivity contribution is -0.150. The van der Waals surface area contributed by atoms with Crippen molar-refractivity contribution in [1.82, 2.24) is 25.0 Å². The number of hydrogen-bond acceptors (Lipinski definition) is 11. The molecule has 3 N–H and O–H groups in total. The van der Waals surface area contributed by atoms with Gasteiger partial charge in [-0.05, 0) is 30.5 Å². The zero-order chi connectivity index (χ0) is 27.0. The molecule has 6 atom stereocenters. The summed E-state index contributed by atoms with van der Waals surface area (Å²) < 4.78 is 38.6. The van der Waals surface area contributed by atoms with Gasteiger partial charge in [0.15, 0.2) is 33.8 Å². The molecule has 2 unspecified atom stereocenters. The first-order chi connectivity index (χ1) is 18.3. The zero-order valence-electron chi connectivity index (χ0n) is 20.8. The van der Waals surface area contributed by atoms with E-state index in [0.717, 1.165) is 18.2 Å². The van der Waals surface area contributed by atoms with Crippen LogP contribution in [0.5, 0.6) is 0 Å². The molecule has 11 nitrogen and oxygen atoms in total. The number of ether oxygens (including phenoxy) is 2. The zero-order valence-corrected chi connectivity index (χ0v) is 21.6. The van der Waals surface area contributed by atoms with E-state index >= 15 is 0 Å². The van der Waals surface area contributed by atoms with Crippen molar-refractivity contribution >= 4 is 34.7 Å². The van der Waals surface area contributed by atoms with Crippen molar-refractivity contribution in [2.24, 2.45) is 0 Å². The molecule has 5 rings (SSSR count). The van der Waals surface area contributed by atoms with Crippen LogP contribution in [0.25, 0.3) is 11.2 Å². The van der Waals surface area contributed by atoms with Gasteiger partial charge in [-0.15, -0.1) is 5.10 Å². The third-order valence-corrected chi connectivity index (χ3v) is 7.83. The van der Waals surface area contributed by atoms with Gasteiger partial charge in [0, 0.05) is 24.1 Å². The Morgan fingerprint density at radius 1 is 1.21 bits per heavy atom. The number of halogens is 2. The second-order valence-electron chi connectivity index (χ2n) is 9.39. The molecule has 0 saturated heterocycles. The number of rotatable bonds is 10. The minimum absolute atomic E-state index is 0.0172. The summed E-state index contributed by atoms with van der Waals surface area (Å²) in [5, 5.41) is 33.6. The number of aliphatic hydroxyl groups is 2. The molecule has 2 aliphatic carbocycles. The Labute approximate surface area is 220 Å². The molecule has 3 aromatic rings. The van der Waals surface area contributed by atoms with Crippen LogP contribution in [-0.2, 0) is 14.3 Å². The summed E-state index contributed by atoms with van der Waals surface area (Å²) in [6, 6.07) is 3.13. The van der Waals surface area contributed by atoms with Gasteiger partial charge in [0.1, 0.15) is 18.8 Å². The molecule has 14 heteroatoms. The standard InChI is InChI=1S/C24H28F2N6O5S/c1-3-6-38-24-28-22(27-15-8-12(15)11-4-5-13(25)14(26)7-11)19-23(29-24)32(31-30-19)16-9-17(21(35)20(16)34)37-10-18(33)36-2/h4-5,7,12,15-17,20-21,34-35H,3,6,8-10H2,1-2H3,(H,27,28,29)/t12-,15?,16?,17-,20-,21+/m0/s1. The van der Waals surface area contributed by atoms with E-state index in [9.17, 15) is 23.8 Å². The van der Waals surface area contributed by atoms with E-state index in [1.807, 2.05) is 6.92 Å². The van der Waals surface area contributed by atoms with Crippen LogP contribution in [0.1, 0.15) is 43.7 Å². The van der Waals surface area contributed by atoms with E-state index in [4.69, 9.17) is 4.74 Å². The Bertz CT molecular complexity index is 1330. The third-order valence-electron chi connectivity index (χ3n) is 6.78. The number of anilines is 1. The van der Waals surface area contributed by atoms with E-state index in [0.29, 0.717) is 34.1 Å². The number of nitrogens with zero attached hydrogens (tertiary/aromatic N) is 5. The smallest absolute Gasteiger partial charge is 0.331 e. The highest BCUT2D eigenvalue weighted by Crippen LogP contribution is 2.44. The van der Waals surface area contributed by atoms with Crippen LogP contribution in [-0.4, -0.2) is 85.0 Å². The van der Waals surface area contributed by atoms with Crippen molar-refractivity contribution in [1.29, 1.82) is 0 Å². The molecule has 204 valence electrons. The van der Waals surface area contributed by atoms with Crippen molar-refractivity contribution in [3.8, 4) is 0 Å². The van der Waals surface area contributed by atoms with Crippen LogP contribution in [0, 0.1) is 11.6 Å². The normalized spacial score (nSPS) is 26.6. The first kappa shape index (κ1) is 26.7. The average molecular weight is 551 g/mol. The number of carbonyl (C=O) groups excluding carboxylic acids is 1. The van der Waals surface area contributed by atoms with Gasteiger partial charge in [0.25, 0.3) is 0 Å². The largest absolute Gasteiger partial charge is 0.467 e. The van der Waals surface area contributed by atoms with Gasteiger partial charge >= 0.3 is 5.97 Å². The van der Waals surface area contributed by atoms with Crippen LogP contribution >= 0.6 is 11.8 Å². The van der Waals surface area contributed by atoms with E-state index < -0.39 is 42.0 Å². The number of thioether (sulfide) groups is 1. The van der Waals surface area contributed by atoms with Gasteiger partial charge in [0.2, 0.25) is 0 Å². The van der Waals surface area contributed by atoms with Crippen molar-refractivity contribution in [3.63, 3.8) is 0 Å². The minimum atomic E-state index is -1.25. The maximum Gasteiger partial charge on any atom is 0.331 e. The molecule has 0 spiro atoms. The maximum atomic E-state index is 13.7. The van der Waals surface area contributed by atoms with Crippen LogP contribution < -0.4 is 5.32 Å². The predicted molar refractivity (Wildman–Crippen MR) is 133 cm³/mol. The lowest BCUT2D eigenvalue weighted by Crippen LogP contribution is -2.34. The van der Waals surface area contributed by atoms with E-state index in [1.165, 1.54) is 29.6 Å². The van der Waals surface area contributed by atoms with Gasteiger partial charge in [-0.25, -0.2) is 28.2 Å². The number of aliphatic hydroxyl groups excluding tert-OH is 2. The number of carbonyl (C=O) groups is 1. The number of benzene rings is 1. The first-order valence-electron chi connectivity index (χ1n) is 12.3. The molecule has 2 aromatic heterocycles. The number of aromatic nitrogens is 5. The molecular weight excluding hydrogens is 522 g/mol. The molecule has 0 bridgehead atoms. The monoisotopic (exact) mass is 550 g/mol. The number of hydrogen-bond donors (Lipinski definition) is 3. The molecule has 2 fully saturated rings. The molecular formula is C24H28F2N6O5S. The van der Waals surface area contributed by atoms with Crippen molar-refractivity contribution < 1.29 is 33.3 Å². The molecule has 0 amide bonds. The topological polar surface area (TPSA) is 145 Å². The highest BCUT2D eigenvalue weighted by molar-refractivity contribution is 7.99. The summed E-state index contributed by atoms with van der Waals surface area (Å²) in [6.07, 6.45) is -1.52. The Morgan fingerprint density at radius 3 is 2.76 bits per heavy atom. The fourth-order valence-corrected chi connectivity index (χ4v) is 5.34. The highest BCUT2D eigenvalue weighted by atomic mass is 32.2. The molecule has 1 aromatic carbocycles.